The molecule has 3 rings (SSSR count). The van der Waals surface area contributed by atoms with Gasteiger partial charge in [-0.25, -0.2) is 0 Å². The van der Waals surface area contributed by atoms with Gasteiger partial charge < -0.3 is 14.9 Å². The molecule has 0 unspecified atom stereocenters. The molecule has 1 aliphatic rings. The molecule has 21 heavy (non-hydrogen) atoms. The third kappa shape index (κ3) is 2.69. The zero-order chi connectivity index (χ0) is 14.8. The number of amides is 1. The summed E-state index contributed by atoms with van der Waals surface area (Å²) >= 11 is 1.15. The molecule has 1 saturated heterocycles. The number of carbonyl (C=O) groups excluding carboxylic acids is 1. The topological polar surface area (TPSA) is 69.6 Å². The molecule has 2 heterocycles. The summed E-state index contributed by atoms with van der Waals surface area (Å²) in [6, 6.07) is 7.28. The number of aromatic nitrogens is 2. The maximum absolute atomic E-state index is 12.4. The molecule has 0 atom stereocenters. The van der Waals surface area contributed by atoms with Gasteiger partial charge in [0, 0.05) is 26.2 Å². The fourth-order valence-electron chi connectivity index (χ4n) is 2.45. The molecular weight excluding hydrogens is 288 g/mol. The largest absolute Gasteiger partial charge is 0.506 e. The first kappa shape index (κ1) is 13.8. The van der Waals surface area contributed by atoms with Crippen molar-refractivity contribution in [2.24, 2.45) is 0 Å². The Kier molecular flexibility index (Phi) is 3.74. The second-order valence-electron chi connectivity index (χ2n) is 4.96. The molecule has 1 fully saturated rings. The first-order valence-corrected chi connectivity index (χ1v) is 7.55. The summed E-state index contributed by atoms with van der Waals surface area (Å²) in [6.07, 6.45) is 0. The van der Waals surface area contributed by atoms with Crippen molar-refractivity contribution in [1.29, 1.82) is 0 Å². The Hall–Kier alpha value is -2.15. The van der Waals surface area contributed by atoms with Crippen LogP contribution >= 0.6 is 11.5 Å². The van der Waals surface area contributed by atoms with E-state index < -0.39 is 0 Å². The maximum atomic E-state index is 12.4. The van der Waals surface area contributed by atoms with Gasteiger partial charge in [-0.2, -0.15) is 0 Å². The monoisotopic (exact) mass is 304 g/mol. The summed E-state index contributed by atoms with van der Waals surface area (Å²) in [6.45, 7) is 4.47. The minimum absolute atomic E-state index is 0.000524. The maximum Gasteiger partial charge on any atom is 0.267 e. The van der Waals surface area contributed by atoms with Crippen molar-refractivity contribution < 1.29 is 9.90 Å². The number of carbonyl (C=O) groups is 1. The summed E-state index contributed by atoms with van der Waals surface area (Å²) in [5.74, 6) is 0.277. The first-order chi connectivity index (χ1) is 10.2. The Morgan fingerprint density at radius 2 is 1.95 bits per heavy atom. The van der Waals surface area contributed by atoms with Crippen LogP contribution in [0.25, 0.3) is 0 Å². The first-order valence-electron chi connectivity index (χ1n) is 6.78. The van der Waals surface area contributed by atoms with E-state index in [0.29, 0.717) is 36.8 Å². The third-order valence-corrected chi connectivity index (χ3v) is 4.45. The Morgan fingerprint density at radius 3 is 2.57 bits per heavy atom. The van der Waals surface area contributed by atoms with Crippen molar-refractivity contribution in [3.8, 4) is 5.75 Å². The number of phenolic OH excluding ortho intramolecular Hbond substituents is 1. The van der Waals surface area contributed by atoms with Gasteiger partial charge >= 0.3 is 0 Å². The quantitative estimate of drug-likeness (QED) is 0.911. The van der Waals surface area contributed by atoms with E-state index >= 15 is 0 Å². The van der Waals surface area contributed by atoms with Crippen LogP contribution < -0.4 is 4.90 Å². The fraction of sp³-hybridized carbons (Fsp3) is 0.357. The molecule has 1 aromatic carbocycles. The average molecular weight is 304 g/mol. The van der Waals surface area contributed by atoms with Crippen molar-refractivity contribution in [3.63, 3.8) is 0 Å². The predicted octanol–water partition coefficient (Wildman–Crippen LogP) is 1.51. The third-order valence-electron chi connectivity index (χ3n) is 3.64. The van der Waals surface area contributed by atoms with Crippen LogP contribution in [-0.4, -0.2) is 51.7 Å². The van der Waals surface area contributed by atoms with Crippen LogP contribution in [0.1, 0.15) is 15.4 Å². The highest BCUT2D eigenvalue weighted by Crippen LogP contribution is 2.27. The predicted molar refractivity (Wildman–Crippen MR) is 80.9 cm³/mol. The highest BCUT2D eigenvalue weighted by Gasteiger charge is 2.25. The molecule has 0 radical (unpaired) electrons. The van der Waals surface area contributed by atoms with Gasteiger partial charge in [-0.15, -0.1) is 5.10 Å². The zero-order valence-corrected chi connectivity index (χ0v) is 12.5. The van der Waals surface area contributed by atoms with E-state index in [2.05, 4.69) is 14.5 Å². The lowest BCUT2D eigenvalue weighted by molar-refractivity contribution is 0.0750. The van der Waals surface area contributed by atoms with Gasteiger partial charge in [0.2, 0.25) is 0 Å². The van der Waals surface area contributed by atoms with E-state index in [0.717, 1.165) is 17.2 Å². The Balaban J connectivity index is 1.67. The molecule has 0 bridgehead atoms. The van der Waals surface area contributed by atoms with Crippen LogP contribution in [0.5, 0.6) is 5.75 Å². The number of nitrogens with zero attached hydrogens (tertiary/aromatic N) is 4. The van der Waals surface area contributed by atoms with Gasteiger partial charge in [-0.1, -0.05) is 16.6 Å². The standard InChI is InChI=1S/C14H16N4O2S/c1-10-13(21-16-15-10)14(20)18-8-6-17(7-9-18)11-4-2-3-5-12(11)19/h2-5,19H,6-9H2,1H3. The molecule has 1 amide bonds. The van der Waals surface area contributed by atoms with Crippen LogP contribution in [0.2, 0.25) is 0 Å². The SMILES string of the molecule is Cc1nnsc1C(=O)N1CCN(c2ccccc2O)CC1. The number of hydrogen-bond donors (Lipinski definition) is 1. The second-order valence-corrected chi connectivity index (χ2v) is 5.71. The van der Waals surface area contributed by atoms with Gasteiger partial charge in [0.25, 0.3) is 5.91 Å². The van der Waals surface area contributed by atoms with Gasteiger partial charge in [0.15, 0.2) is 0 Å². The lowest BCUT2D eigenvalue weighted by atomic mass is 10.2. The summed E-state index contributed by atoms with van der Waals surface area (Å²) in [7, 11) is 0. The normalized spacial score (nSPS) is 15.3. The molecule has 110 valence electrons. The lowest BCUT2D eigenvalue weighted by Crippen LogP contribution is -2.48. The molecule has 0 saturated carbocycles. The summed E-state index contributed by atoms with van der Waals surface area (Å²) in [5, 5.41) is 13.8. The summed E-state index contributed by atoms with van der Waals surface area (Å²) in [5.41, 5.74) is 1.51. The highest BCUT2D eigenvalue weighted by atomic mass is 32.1. The Bertz CT molecular complexity index is 650. The van der Waals surface area contributed by atoms with Crippen molar-refractivity contribution in [3.05, 3.63) is 34.8 Å². The van der Waals surface area contributed by atoms with Gasteiger partial charge in [0.1, 0.15) is 10.6 Å². The van der Waals surface area contributed by atoms with Crippen molar-refractivity contribution in [2.75, 3.05) is 31.1 Å². The van der Waals surface area contributed by atoms with E-state index in [9.17, 15) is 9.90 Å². The van der Waals surface area contributed by atoms with E-state index in [-0.39, 0.29) is 11.7 Å². The van der Waals surface area contributed by atoms with Crippen LogP contribution in [-0.2, 0) is 0 Å². The molecule has 2 aromatic rings. The number of piperazine rings is 1. The molecular formula is C14H16N4O2S. The number of rotatable bonds is 2. The van der Waals surface area contributed by atoms with E-state index in [1.54, 1.807) is 19.1 Å². The Morgan fingerprint density at radius 1 is 1.24 bits per heavy atom. The average Bonchev–Trinajstić information content (AvgIpc) is 2.93. The minimum Gasteiger partial charge on any atom is -0.506 e. The lowest BCUT2D eigenvalue weighted by Gasteiger charge is -2.36. The molecule has 1 aromatic heterocycles. The van der Waals surface area contributed by atoms with E-state index in [1.807, 2.05) is 17.0 Å². The molecule has 6 nitrogen and oxygen atoms in total. The van der Waals surface area contributed by atoms with Crippen LogP contribution in [0.15, 0.2) is 24.3 Å². The molecule has 7 heteroatoms. The van der Waals surface area contributed by atoms with Crippen LogP contribution in [0.3, 0.4) is 0 Å². The fourth-order valence-corrected chi connectivity index (χ4v) is 3.08. The number of phenols is 1. The van der Waals surface area contributed by atoms with Gasteiger partial charge in [-0.3, -0.25) is 4.79 Å². The second kappa shape index (κ2) is 5.69. The zero-order valence-electron chi connectivity index (χ0n) is 11.7. The number of aromatic hydroxyl groups is 1. The number of benzene rings is 1. The van der Waals surface area contributed by atoms with Crippen LogP contribution in [0, 0.1) is 6.92 Å². The number of anilines is 1. The highest BCUT2D eigenvalue weighted by molar-refractivity contribution is 7.07. The van der Waals surface area contributed by atoms with E-state index in [4.69, 9.17) is 0 Å². The van der Waals surface area contributed by atoms with Crippen molar-refractivity contribution in [2.45, 2.75) is 6.92 Å². The molecule has 1 aliphatic heterocycles. The van der Waals surface area contributed by atoms with Crippen molar-refractivity contribution in [1.82, 2.24) is 14.5 Å². The van der Waals surface area contributed by atoms with Gasteiger partial charge in [0.05, 0.1) is 11.4 Å². The smallest absolute Gasteiger partial charge is 0.267 e. The number of para-hydroxylation sites is 2. The molecule has 1 N–H and O–H groups in total. The minimum atomic E-state index is -0.000524. The summed E-state index contributed by atoms with van der Waals surface area (Å²) < 4.78 is 3.81. The number of hydrogen-bond acceptors (Lipinski definition) is 6. The Labute approximate surface area is 126 Å². The van der Waals surface area contributed by atoms with Crippen molar-refractivity contribution >= 4 is 23.1 Å². The summed E-state index contributed by atoms with van der Waals surface area (Å²) in [4.78, 5) is 16.9. The van der Waals surface area contributed by atoms with Crippen LogP contribution in [0.4, 0.5) is 5.69 Å². The molecule has 0 aliphatic carbocycles. The van der Waals surface area contributed by atoms with E-state index in [1.165, 1.54) is 0 Å². The number of aryl methyl sites for hydroxylation is 1. The molecule has 0 spiro atoms. The van der Waals surface area contributed by atoms with Gasteiger partial charge in [-0.05, 0) is 30.6 Å².